The summed E-state index contributed by atoms with van der Waals surface area (Å²) < 4.78 is 7.37. The maximum absolute atomic E-state index is 11.8. The van der Waals surface area contributed by atoms with E-state index in [1.54, 1.807) is 0 Å². The minimum Gasteiger partial charge on any atom is -0.464 e. The molecule has 2 aromatic heterocycles. The third-order valence-electron chi connectivity index (χ3n) is 2.43. The van der Waals surface area contributed by atoms with E-state index in [2.05, 4.69) is 10.1 Å². The van der Waals surface area contributed by atoms with Crippen molar-refractivity contribution in [2.75, 3.05) is 6.61 Å². The van der Waals surface area contributed by atoms with E-state index in [1.807, 2.05) is 6.92 Å². The van der Waals surface area contributed by atoms with Gasteiger partial charge in [0, 0.05) is 12.4 Å². The van der Waals surface area contributed by atoms with Crippen LogP contribution in [0, 0.1) is 0 Å². The van der Waals surface area contributed by atoms with Crippen LogP contribution in [-0.4, -0.2) is 31.7 Å². The molecule has 0 bridgehead atoms. The van der Waals surface area contributed by atoms with Gasteiger partial charge in [0.25, 0.3) is 0 Å². The average molecular weight is 250 g/mol. The SMILES string of the molecule is CCCCOC(=O)Cn1nc2cnccn2c1=O. The molecule has 0 aromatic carbocycles. The Morgan fingerprint density at radius 1 is 1.50 bits per heavy atom. The number of rotatable bonds is 5. The topological polar surface area (TPSA) is 78.5 Å². The van der Waals surface area contributed by atoms with Crippen LogP contribution in [0.5, 0.6) is 0 Å². The van der Waals surface area contributed by atoms with Gasteiger partial charge >= 0.3 is 11.7 Å². The standard InChI is InChI=1S/C11H14N4O3/c1-2-3-6-18-10(16)8-15-11(17)14-5-4-12-7-9(14)13-15/h4-5,7H,2-3,6,8H2,1H3. The van der Waals surface area contributed by atoms with Crippen LogP contribution in [0.1, 0.15) is 19.8 Å². The van der Waals surface area contributed by atoms with E-state index in [0.29, 0.717) is 12.3 Å². The van der Waals surface area contributed by atoms with E-state index >= 15 is 0 Å². The molecule has 0 atom stereocenters. The van der Waals surface area contributed by atoms with Crippen LogP contribution in [0.15, 0.2) is 23.4 Å². The van der Waals surface area contributed by atoms with Crippen molar-refractivity contribution < 1.29 is 9.53 Å². The van der Waals surface area contributed by atoms with Crippen molar-refractivity contribution in [1.82, 2.24) is 19.2 Å². The summed E-state index contributed by atoms with van der Waals surface area (Å²) in [5.41, 5.74) is 0.0312. The molecule has 18 heavy (non-hydrogen) atoms. The first-order valence-electron chi connectivity index (χ1n) is 5.77. The fourth-order valence-electron chi connectivity index (χ4n) is 1.48. The Hall–Kier alpha value is -2.18. The van der Waals surface area contributed by atoms with Gasteiger partial charge in [-0.3, -0.25) is 9.78 Å². The van der Waals surface area contributed by atoms with E-state index in [-0.39, 0.29) is 12.2 Å². The molecule has 7 heteroatoms. The molecule has 2 aromatic rings. The van der Waals surface area contributed by atoms with Crippen LogP contribution >= 0.6 is 0 Å². The number of unbranched alkanes of at least 4 members (excludes halogenated alkanes) is 1. The van der Waals surface area contributed by atoms with E-state index in [9.17, 15) is 9.59 Å². The second kappa shape index (κ2) is 5.44. The number of nitrogens with zero attached hydrogens (tertiary/aromatic N) is 4. The molecule has 0 aliphatic heterocycles. The maximum atomic E-state index is 11.8. The van der Waals surface area contributed by atoms with Gasteiger partial charge in [-0.2, -0.15) is 0 Å². The minimum atomic E-state index is -0.457. The number of carbonyl (C=O) groups excluding carboxylic acids is 1. The number of hydrogen-bond acceptors (Lipinski definition) is 5. The summed E-state index contributed by atoms with van der Waals surface area (Å²) in [6, 6.07) is 0. The van der Waals surface area contributed by atoms with Gasteiger partial charge in [0.1, 0.15) is 6.54 Å². The Morgan fingerprint density at radius 3 is 3.06 bits per heavy atom. The van der Waals surface area contributed by atoms with Crippen molar-refractivity contribution >= 4 is 11.6 Å². The predicted molar refractivity (Wildman–Crippen MR) is 63.1 cm³/mol. The van der Waals surface area contributed by atoms with Crippen LogP contribution in [-0.2, 0) is 16.1 Å². The van der Waals surface area contributed by atoms with Crippen molar-refractivity contribution in [2.45, 2.75) is 26.3 Å². The summed E-state index contributed by atoms with van der Waals surface area (Å²) in [6.07, 6.45) is 6.22. The molecule has 0 unspecified atom stereocenters. The summed E-state index contributed by atoms with van der Waals surface area (Å²) in [6.45, 7) is 2.21. The summed E-state index contributed by atoms with van der Waals surface area (Å²) >= 11 is 0. The second-order valence-corrected chi connectivity index (χ2v) is 3.82. The van der Waals surface area contributed by atoms with Gasteiger partial charge in [0.2, 0.25) is 0 Å². The Bertz CT molecular complexity index is 602. The highest BCUT2D eigenvalue weighted by Gasteiger charge is 2.11. The molecule has 7 nitrogen and oxygen atoms in total. The number of aromatic nitrogens is 4. The normalized spacial score (nSPS) is 10.7. The van der Waals surface area contributed by atoms with Gasteiger partial charge in [-0.15, -0.1) is 5.10 Å². The summed E-state index contributed by atoms with van der Waals surface area (Å²) in [4.78, 5) is 27.1. The lowest BCUT2D eigenvalue weighted by Crippen LogP contribution is -2.26. The molecule has 2 rings (SSSR count). The van der Waals surface area contributed by atoms with Crippen LogP contribution in [0.25, 0.3) is 5.65 Å². The second-order valence-electron chi connectivity index (χ2n) is 3.82. The largest absolute Gasteiger partial charge is 0.464 e. The highest BCUT2D eigenvalue weighted by molar-refractivity contribution is 5.69. The number of carbonyl (C=O) groups is 1. The highest BCUT2D eigenvalue weighted by atomic mass is 16.5. The minimum absolute atomic E-state index is 0.176. The van der Waals surface area contributed by atoms with Crippen LogP contribution < -0.4 is 5.69 Å². The zero-order chi connectivity index (χ0) is 13.0. The smallest absolute Gasteiger partial charge is 0.350 e. The molecule has 0 fully saturated rings. The van der Waals surface area contributed by atoms with Gasteiger partial charge in [0.15, 0.2) is 5.65 Å². The number of fused-ring (bicyclic) bond motifs is 1. The maximum Gasteiger partial charge on any atom is 0.350 e. The van der Waals surface area contributed by atoms with Crippen LogP contribution in [0.3, 0.4) is 0 Å². The molecule has 0 saturated heterocycles. The molecule has 0 aliphatic carbocycles. The van der Waals surface area contributed by atoms with Crippen molar-refractivity contribution in [2.24, 2.45) is 0 Å². The molecular weight excluding hydrogens is 236 g/mol. The Balaban J connectivity index is 2.10. The summed E-state index contributed by atoms with van der Waals surface area (Å²) in [5.74, 6) is -0.457. The molecule has 0 radical (unpaired) electrons. The zero-order valence-corrected chi connectivity index (χ0v) is 10.1. The lowest BCUT2D eigenvalue weighted by atomic mass is 10.4. The average Bonchev–Trinajstić information content (AvgIpc) is 2.67. The third-order valence-corrected chi connectivity index (χ3v) is 2.43. The summed E-state index contributed by atoms with van der Waals surface area (Å²) in [7, 11) is 0. The first kappa shape index (κ1) is 12.3. The van der Waals surface area contributed by atoms with Crippen molar-refractivity contribution in [3.63, 3.8) is 0 Å². The summed E-state index contributed by atoms with van der Waals surface area (Å²) in [5, 5.41) is 3.98. The van der Waals surface area contributed by atoms with Gasteiger partial charge in [0.05, 0.1) is 12.8 Å². The van der Waals surface area contributed by atoms with Crippen molar-refractivity contribution in [3.8, 4) is 0 Å². The van der Waals surface area contributed by atoms with Gasteiger partial charge in [-0.25, -0.2) is 13.9 Å². The molecule has 96 valence electrons. The van der Waals surface area contributed by atoms with E-state index in [1.165, 1.54) is 23.0 Å². The number of esters is 1. The molecule has 0 saturated carbocycles. The number of ether oxygens (including phenoxy) is 1. The van der Waals surface area contributed by atoms with Gasteiger partial charge in [-0.1, -0.05) is 13.3 Å². The zero-order valence-electron chi connectivity index (χ0n) is 10.1. The van der Waals surface area contributed by atoms with Gasteiger partial charge in [-0.05, 0) is 6.42 Å². The van der Waals surface area contributed by atoms with E-state index in [0.717, 1.165) is 17.5 Å². The van der Waals surface area contributed by atoms with E-state index in [4.69, 9.17) is 4.74 Å². The van der Waals surface area contributed by atoms with Crippen LogP contribution in [0.2, 0.25) is 0 Å². The Labute approximate surface area is 103 Å². The molecule has 0 N–H and O–H groups in total. The van der Waals surface area contributed by atoms with E-state index < -0.39 is 5.97 Å². The molecule has 0 spiro atoms. The molecule has 0 amide bonds. The first-order valence-corrected chi connectivity index (χ1v) is 5.77. The Morgan fingerprint density at radius 2 is 2.33 bits per heavy atom. The fraction of sp³-hybridized carbons (Fsp3) is 0.455. The third kappa shape index (κ3) is 2.55. The molecule has 0 aliphatic rings. The quantitative estimate of drug-likeness (QED) is 0.561. The monoisotopic (exact) mass is 250 g/mol. The first-order chi connectivity index (χ1) is 8.72. The lowest BCUT2D eigenvalue weighted by molar-refractivity contribution is -0.144. The highest BCUT2D eigenvalue weighted by Crippen LogP contribution is 1.94. The number of hydrogen-bond donors (Lipinski definition) is 0. The molecular formula is C11H14N4O3. The van der Waals surface area contributed by atoms with Crippen molar-refractivity contribution in [1.29, 1.82) is 0 Å². The van der Waals surface area contributed by atoms with Crippen LogP contribution in [0.4, 0.5) is 0 Å². The van der Waals surface area contributed by atoms with Crippen molar-refractivity contribution in [3.05, 3.63) is 29.1 Å². The fourth-order valence-corrected chi connectivity index (χ4v) is 1.48. The molecule has 2 heterocycles. The predicted octanol–water partition coefficient (Wildman–Crippen LogP) is 0.234. The lowest BCUT2D eigenvalue weighted by Gasteiger charge is -2.02. The van der Waals surface area contributed by atoms with Gasteiger partial charge < -0.3 is 4.74 Å². The Kier molecular flexibility index (Phi) is 3.71.